The van der Waals surface area contributed by atoms with Gasteiger partial charge in [0.2, 0.25) is 5.91 Å². The van der Waals surface area contributed by atoms with E-state index in [1.54, 1.807) is 0 Å². The van der Waals surface area contributed by atoms with Crippen LogP contribution in [0.2, 0.25) is 5.02 Å². The number of carbonyl (C=O) groups excluding carboxylic acids is 1. The lowest BCUT2D eigenvalue weighted by Crippen LogP contribution is -2.41. The maximum atomic E-state index is 12.1. The number of carbonyl (C=O) groups is 1. The molecule has 2 N–H and O–H groups in total. The van der Waals surface area contributed by atoms with Crippen LogP contribution in [-0.4, -0.2) is 19.0 Å². The molecule has 1 aromatic carbocycles. The molecule has 3 nitrogen and oxygen atoms in total. The highest BCUT2D eigenvalue weighted by Crippen LogP contribution is 2.22. The van der Waals surface area contributed by atoms with Crippen molar-refractivity contribution in [2.24, 2.45) is 5.92 Å². The predicted octanol–water partition coefficient (Wildman–Crippen LogP) is 2.94. The van der Waals surface area contributed by atoms with Gasteiger partial charge in [-0.25, -0.2) is 0 Å². The number of halogens is 2. The first-order chi connectivity index (χ1) is 8.68. The molecule has 2 atom stereocenters. The maximum Gasteiger partial charge on any atom is 0.224 e. The van der Waals surface area contributed by atoms with Gasteiger partial charge < -0.3 is 10.6 Å². The fourth-order valence-electron chi connectivity index (χ4n) is 2.31. The monoisotopic (exact) mass is 302 g/mol. The first-order valence-electron chi connectivity index (χ1n) is 6.44. The highest BCUT2D eigenvalue weighted by atomic mass is 35.5. The van der Waals surface area contributed by atoms with E-state index in [0.29, 0.717) is 5.02 Å². The second-order valence-electron chi connectivity index (χ2n) is 4.80. The molecular weight excluding hydrogens is 283 g/mol. The number of benzene rings is 1. The zero-order valence-corrected chi connectivity index (χ0v) is 12.6. The lowest BCUT2D eigenvalue weighted by atomic mass is 9.98. The van der Waals surface area contributed by atoms with Gasteiger partial charge in [0.05, 0.1) is 12.0 Å². The van der Waals surface area contributed by atoms with Crippen LogP contribution in [0, 0.1) is 5.92 Å². The lowest BCUT2D eigenvalue weighted by Gasteiger charge is -2.24. The molecule has 5 heteroatoms. The Morgan fingerprint density at radius 2 is 2.21 bits per heavy atom. The quantitative estimate of drug-likeness (QED) is 0.901. The third-order valence-corrected chi connectivity index (χ3v) is 3.74. The summed E-state index contributed by atoms with van der Waals surface area (Å²) in [5.41, 5.74) is 0.969. The summed E-state index contributed by atoms with van der Waals surface area (Å²) in [5, 5.41) is 7.00. The zero-order valence-electron chi connectivity index (χ0n) is 11.0. The first kappa shape index (κ1) is 16.3. The Balaban J connectivity index is 0.00000180. The lowest BCUT2D eigenvalue weighted by molar-refractivity contribution is -0.126. The topological polar surface area (TPSA) is 41.1 Å². The van der Waals surface area contributed by atoms with Gasteiger partial charge in [0.15, 0.2) is 0 Å². The van der Waals surface area contributed by atoms with Crippen LogP contribution in [0.4, 0.5) is 0 Å². The Bertz CT molecular complexity index is 420. The predicted molar refractivity (Wildman–Crippen MR) is 80.9 cm³/mol. The van der Waals surface area contributed by atoms with Crippen LogP contribution in [0.3, 0.4) is 0 Å². The molecule has 0 bridgehead atoms. The number of piperidine rings is 1. The van der Waals surface area contributed by atoms with Crippen molar-refractivity contribution in [1.29, 1.82) is 0 Å². The van der Waals surface area contributed by atoms with Gasteiger partial charge in [0.1, 0.15) is 0 Å². The van der Waals surface area contributed by atoms with Crippen LogP contribution in [0.15, 0.2) is 24.3 Å². The van der Waals surface area contributed by atoms with E-state index in [2.05, 4.69) is 10.6 Å². The Morgan fingerprint density at radius 1 is 1.47 bits per heavy atom. The van der Waals surface area contributed by atoms with Gasteiger partial charge in [-0.05, 0) is 37.9 Å². The van der Waals surface area contributed by atoms with E-state index in [9.17, 15) is 4.79 Å². The van der Waals surface area contributed by atoms with E-state index in [1.165, 1.54) is 0 Å². The van der Waals surface area contributed by atoms with Crippen molar-refractivity contribution in [1.82, 2.24) is 10.6 Å². The highest BCUT2D eigenvalue weighted by molar-refractivity contribution is 6.31. The molecule has 1 fully saturated rings. The van der Waals surface area contributed by atoms with E-state index < -0.39 is 0 Å². The fraction of sp³-hybridized carbons (Fsp3) is 0.500. The SMILES string of the molecule is CC(NC(=O)[C@@H]1CCCNC1)c1ccccc1Cl.Cl. The third-order valence-electron chi connectivity index (χ3n) is 3.40. The zero-order chi connectivity index (χ0) is 13.0. The van der Waals surface area contributed by atoms with Crippen LogP contribution in [-0.2, 0) is 4.79 Å². The molecule has 0 aromatic heterocycles. The first-order valence-corrected chi connectivity index (χ1v) is 6.82. The average Bonchev–Trinajstić information content (AvgIpc) is 2.40. The molecular formula is C14H20Cl2N2O. The number of nitrogens with one attached hydrogen (secondary N) is 2. The second-order valence-corrected chi connectivity index (χ2v) is 5.20. The molecule has 1 amide bonds. The van der Waals surface area contributed by atoms with Crippen LogP contribution in [0.5, 0.6) is 0 Å². The molecule has 19 heavy (non-hydrogen) atoms. The Morgan fingerprint density at radius 3 is 2.84 bits per heavy atom. The summed E-state index contributed by atoms with van der Waals surface area (Å²) in [4.78, 5) is 12.1. The standard InChI is InChI=1S/C14H19ClN2O.ClH/c1-10(12-6-2-3-7-13(12)15)17-14(18)11-5-4-8-16-9-11;/h2-3,6-7,10-11,16H,4-5,8-9H2,1H3,(H,17,18);1H/t10?,11-;/m1./s1. The van der Waals surface area contributed by atoms with E-state index >= 15 is 0 Å². The molecule has 1 aliphatic heterocycles. The molecule has 1 aromatic rings. The summed E-state index contributed by atoms with van der Waals surface area (Å²) in [7, 11) is 0. The highest BCUT2D eigenvalue weighted by Gasteiger charge is 2.22. The summed E-state index contributed by atoms with van der Waals surface area (Å²) >= 11 is 6.12. The summed E-state index contributed by atoms with van der Waals surface area (Å²) < 4.78 is 0. The average molecular weight is 303 g/mol. The van der Waals surface area contributed by atoms with Crippen LogP contribution < -0.4 is 10.6 Å². The Kier molecular flexibility index (Phi) is 6.63. The summed E-state index contributed by atoms with van der Waals surface area (Å²) in [5.74, 6) is 0.207. The van der Waals surface area contributed by atoms with Gasteiger partial charge >= 0.3 is 0 Å². The van der Waals surface area contributed by atoms with Crippen LogP contribution in [0.25, 0.3) is 0 Å². The molecule has 0 spiro atoms. The molecule has 0 saturated carbocycles. The smallest absolute Gasteiger partial charge is 0.224 e. The molecule has 0 radical (unpaired) electrons. The minimum atomic E-state index is -0.0480. The van der Waals surface area contributed by atoms with E-state index in [-0.39, 0.29) is 30.3 Å². The molecule has 1 heterocycles. The summed E-state index contributed by atoms with van der Waals surface area (Å²) in [6, 6.07) is 7.58. The van der Waals surface area contributed by atoms with E-state index in [0.717, 1.165) is 31.5 Å². The molecule has 1 aliphatic rings. The number of amides is 1. The minimum Gasteiger partial charge on any atom is -0.349 e. The van der Waals surface area contributed by atoms with Crippen LogP contribution >= 0.6 is 24.0 Å². The third kappa shape index (κ3) is 4.37. The summed E-state index contributed by atoms with van der Waals surface area (Å²) in [6.07, 6.45) is 2.03. The van der Waals surface area contributed by atoms with Gasteiger partial charge in [-0.15, -0.1) is 12.4 Å². The molecule has 106 valence electrons. The van der Waals surface area contributed by atoms with Crippen molar-refractivity contribution in [2.75, 3.05) is 13.1 Å². The van der Waals surface area contributed by atoms with Gasteiger partial charge in [-0.3, -0.25) is 4.79 Å². The molecule has 2 rings (SSSR count). The largest absolute Gasteiger partial charge is 0.349 e. The van der Waals surface area contributed by atoms with Crippen molar-refractivity contribution in [3.05, 3.63) is 34.9 Å². The van der Waals surface area contributed by atoms with Crippen molar-refractivity contribution in [3.8, 4) is 0 Å². The van der Waals surface area contributed by atoms with Crippen molar-refractivity contribution in [2.45, 2.75) is 25.8 Å². The van der Waals surface area contributed by atoms with E-state index in [1.807, 2.05) is 31.2 Å². The van der Waals surface area contributed by atoms with E-state index in [4.69, 9.17) is 11.6 Å². The number of hydrogen-bond acceptors (Lipinski definition) is 2. The van der Waals surface area contributed by atoms with Gasteiger partial charge in [-0.2, -0.15) is 0 Å². The molecule has 1 unspecified atom stereocenters. The normalized spacial score (nSPS) is 20.2. The van der Waals surface area contributed by atoms with Crippen molar-refractivity contribution >= 4 is 29.9 Å². The number of hydrogen-bond donors (Lipinski definition) is 2. The van der Waals surface area contributed by atoms with Gasteiger partial charge in [0, 0.05) is 11.6 Å². The molecule has 1 saturated heterocycles. The fourth-order valence-corrected chi connectivity index (χ4v) is 2.61. The number of rotatable bonds is 3. The van der Waals surface area contributed by atoms with Gasteiger partial charge in [0.25, 0.3) is 0 Å². The Labute approximate surface area is 125 Å². The maximum absolute atomic E-state index is 12.1. The van der Waals surface area contributed by atoms with Crippen molar-refractivity contribution < 1.29 is 4.79 Å². The van der Waals surface area contributed by atoms with Crippen LogP contribution in [0.1, 0.15) is 31.4 Å². The Hall–Kier alpha value is -0.770. The minimum absolute atomic E-state index is 0. The van der Waals surface area contributed by atoms with Crippen molar-refractivity contribution in [3.63, 3.8) is 0 Å². The van der Waals surface area contributed by atoms with Gasteiger partial charge in [-0.1, -0.05) is 29.8 Å². The molecule has 0 aliphatic carbocycles. The second kappa shape index (κ2) is 7.73. The summed E-state index contributed by atoms with van der Waals surface area (Å²) in [6.45, 7) is 3.76.